The van der Waals surface area contributed by atoms with Gasteiger partial charge in [0.15, 0.2) is 11.5 Å². The predicted octanol–water partition coefficient (Wildman–Crippen LogP) is -3.00. The number of para-hydroxylation sites is 2. The van der Waals surface area contributed by atoms with Gasteiger partial charge in [0.05, 0.1) is 0 Å². The normalized spacial score (nSPS) is 8.94. The fourth-order valence-electron chi connectivity index (χ4n) is 0.962. The number of esters is 1. The molecule has 0 aliphatic heterocycles. The van der Waals surface area contributed by atoms with Crippen molar-refractivity contribution in [2.75, 3.05) is 0 Å². The summed E-state index contributed by atoms with van der Waals surface area (Å²) in [4.78, 5) is 21.5. The van der Waals surface area contributed by atoms with Crippen molar-refractivity contribution in [1.29, 1.82) is 0 Å². The third kappa shape index (κ3) is 5.04. The zero-order valence-corrected chi connectivity index (χ0v) is 11.3. The first-order valence-corrected chi connectivity index (χ1v) is 4.38. The largest absolute Gasteiger partial charge is 1.00 e. The number of carboxylic acids is 1. The topological polar surface area (TPSA) is 86.7 Å². The molecule has 0 spiro atoms. The van der Waals surface area contributed by atoms with Crippen molar-refractivity contribution in [1.82, 2.24) is 0 Å². The third-order valence-electron chi connectivity index (χ3n) is 1.71. The molecule has 6 heteroatoms. The van der Waals surface area contributed by atoms with Gasteiger partial charge in [-0.3, -0.25) is 0 Å². The van der Waals surface area contributed by atoms with Crippen molar-refractivity contribution in [2.24, 2.45) is 0 Å². The number of hydrogen-bond donors (Lipinski definition) is 1. The maximum Gasteiger partial charge on any atom is 1.00 e. The molecule has 1 aromatic carbocycles. The molecule has 1 rings (SSSR count). The smallest absolute Gasteiger partial charge is 0.550 e. The summed E-state index contributed by atoms with van der Waals surface area (Å²) in [5.41, 5.74) is -0.247. The maximum absolute atomic E-state index is 11.3. The molecule has 0 atom stereocenters. The van der Waals surface area contributed by atoms with Gasteiger partial charge in [0.2, 0.25) is 0 Å². The SMILES string of the molecule is C=C(CC(=O)[O-])C(=O)Oc1ccccc1O.[Na+]. The second-order valence-corrected chi connectivity index (χ2v) is 3.01. The van der Waals surface area contributed by atoms with Gasteiger partial charge in [-0.05, 0) is 12.1 Å². The number of carbonyl (C=O) groups is 2. The van der Waals surface area contributed by atoms with Crippen LogP contribution in [0, 0.1) is 0 Å². The standard InChI is InChI=1S/C11H10O5.Na/c1-7(6-10(13)14)11(15)16-9-5-3-2-4-8(9)12;/h2-5,12H,1,6H2,(H,13,14);/q;+1/p-1. The van der Waals surface area contributed by atoms with Crippen LogP contribution in [0.15, 0.2) is 36.4 Å². The minimum Gasteiger partial charge on any atom is -0.550 e. The monoisotopic (exact) mass is 244 g/mol. The number of phenols is 1. The first kappa shape index (κ1) is 15.7. The Kier molecular flexibility index (Phi) is 6.57. The van der Waals surface area contributed by atoms with Gasteiger partial charge in [0.1, 0.15) is 0 Å². The van der Waals surface area contributed by atoms with Gasteiger partial charge in [-0.25, -0.2) is 4.79 Å². The molecule has 84 valence electrons. The second kappa shape index (κ2) is 7.11. The fourth-order valence-corrected chi connectivity index (χ4v) is 0.962. The van der Waals surface area contributed by atoms with Crippen LogP contribution in [0.3, 0.4) is 0 Å². The van der Waals surface area contributed by atoms with E-state index in [1.807, 2.05) is 0 Å². The van der Waals surface area contributed by atoms with E-state index in [2.05, 4.69) is 6.58 Å². The zero-order valence-electron chi connectivity index (χ0n) is 9.30. The number of carbonyl (C=O) groups excluding carboxylic acids is 2. The van der Waals surface area contributed by atoms with Gasteiger partial charge < -0.3 is 19.7 Å². The fraction of sp³-hybridized carbons (Fsp3) is 0.0909. The number of carboxylic acid groups (broad SMARTS) is 1. The molecule has 0 heterocycles. The van der Waals surface area contributed by atoms with E-state index in [4.69, 9.17) is 4.74 Å². The van der Waals surface area contributed by atoms with Gasteiger partial charge >= 0.3 is 35.5 Å². The second-order valence-electron chi connectivity index (χ2n) is 3.01. The summed E-state index contributed by atoms with van der Waals surface area (Å²) in [7, 11) is 0. The number of aromatic hydroxyl groups is 1. The van der Waals surface area contributed by atoms with Crippen LogP contribution in [0.4, 0.5) is 0 Å². The Morgan fingerprint density at radius 1 is 1.35 bits per heavy atom. The van der Waals surface area contributed by atoms with Crippen molar-refractivity contribution in [3.63, 3.8) is 0 Å². The van der Waals surface area contributed by atoms with E-state index in [0.717, 1.165) is 0 Å². The van der Waals surface area contributed by atoms with Crippen LogP contribution in [0.1, 0.15) is 6.42 Å². The first-order valence-electron chi connectivity index (χ1n) is 4.38. The van der Waals surface area contributed by atoms with E-state index in [1.165, 1.54) is 12.1 Å². The van der Waals surface area contributed by atoms with Gasteiger partial charge in [0.25, 0.3) is 0 Å². The van der Waals surface area contributed by atoms with E-state index in [-0.39, 0.29) is 46.6 Å². The van der Waals surface area contributed by atoms with E-state index in [1.54, 1.807) is 12.1 Å². The summed E-state index contributed by atoms with van der Waals surface area (Å²) in [6, 6.07) is 5.83. The van der Waals surface area contributed by atoms with Crippen LogP contribution < -0.4 is 39.4 Å². The summed E-state index contributed by atoms with van der Waals surface area (Å²) in [5.74, 6) is -2.59. The van der Waals surface area contributed by atoms with Gasteiger partial charge in [-0.15, -0.1) is 0 Å². The average Bonchev–Trinajstić information content (AvgIpc) is 2.20. The number of rotatable bonds is 4. The molecule has 17 heavy (non-hydrogen) atoms. The van der Waals surface area contributed by atoms with E-state index in [0.29, 0.717) is 0 Å². The Morgan fingerprint density at radius 2 is 1.94 bits per heavy atom. The number of hydrogen-bond acceptors (Lipinski definition) is 5. The Bertz CT molecular complexity index is 441. The summed E-state index contributed by atoms with van der Waals surface area (Å²) in [6.07, 6.45) is -0.605. The zero-order chi connectivity index (χ0) is 12.1. The van der Waals surface area contributed by atoms with Crippen molar-refractivity contribution >= 4 is 11.9 Å². The van der Waals surface area contributed by atoms with Crippen molar-refractivity contribution in [3.05, 3.63) is 36.4 Å². The number of benzene rings is 1. The van der Waals surface area contributed by atoms with E-state index < -0.39 is 18.4 Å². The van der Waals surface area contributed by atoms with Crippen LogP contribution in [-0.2, 0) is 9.59 Å². The molecule has 0 fully saturated rings. The number of ether oxygens (including phenoxy) is 1. The Balaban J connectivity index is 0.00000256. The maximum atomic E-state index is 11.3. The molecule has 1 N–H and O–H groups in total. The molecular weight excluding hydrogens is 235 g/mol. The van der Waals surface area contributed by atoms with E-state index >= 15 is 0 Å². The third-order valence-corrected chi connectivity index (χ3v) is 1.71. The summed E-state index contributed by atoms with van der Waals surface area (Å²) >= 11 is 0. The molecule has 0 amide bonds. The molecule has 0 bridgehead atoms. The molecule has 0 saturated carbocycles. The summed E-state index contributed by atoms with van der Waals surface area (Å²) < 4.78 is 4.73. The van der Waals surface area contributed by atoms with Crippen LogP contribution in [-0.4, -0.2) is 17.0 Å². The Morgan fingerprint density at radius 3 is 2.47 bits per heavy atom. The molecule has 0 aliphatic rings. The van der Waals surface area contributed by atoms with Crippen molar-refractivity contribution in [3.8, 4) is 11.5 Å². The van der Waals surface area contributed by atoms with Gasteiger partial charge in [-0.2, -0.15) is 0 Å². The van der Waals surface area contributed by atoms with Gasteiger partial charge in [0, 0.05) is 18.0 Å². The predicted molar refractivity (Wildman–Crippen MR) is 52.5 cm³/mol. The molecular formula is C11H9NaO5. The molecule has 0 saturated heterocycles. The average molecular weight is 244 g/mol. The molecule has 0 aromatic heterocycles. The van der Waals surface area contributed by atoms with Gasteiger partial charge in [-0.1, -0.05) is 18.7 Å². The van der Waals surface area contributed by atoms with Crippen molar-refractivity contribution < 1.29 is 54.1 Å². The molecule has 0 unspecified atom stereocenters. The Hall–Kier alpha value is -1.30. The molecule has 5 nitrogen and oxygen atoms in total. The van der Waals surface area contributed by atoms with Crippen LogP contribution >= 0.6 is 0 Å². The molecule has 0 radical (unpaired) electrons. The summed E-state index contributed by atoms with van der Waals surface area (Å²) in [6.45, 7) is 3.24. The quantitative estimate of drug-likeness (QED) is 0.264. The summed E-state index contributed by atoms with van der Waals surface area (Å²) in [5, 5.41) is 19.5. The number of aliphatic carboxylic acids is 1. The molecule has 1 aromatic rings. The van der Waals surface area contributed by atoms with Crippen LogP contribution in [0.2, 0.25) is 0 Å². The number of phenolic OH excluding ortho intramolecular Hbond substituents is 1. The Labute approximate surface area is 120 Å². The molecule has 0 aliphatic carbocycles. The first-order chi connectivity index (χ1) is 7.50. The minimum atomic E-state index is -1.42. The van der Waals surface area contributed by atoms with E-state index in [9.17, 15) is 19.8 Å². The van der Waals surface area contributed by atoms with Crippen molar-refractivity contribution in [2.45, 2.75) is 6.42 Å². The van der Waals surface area contributed by atoms with Crippen LogP contribution in [0.25, 0.3) is 0 Å². The van der Waals surface area contributed by atoms with Crippen LogP contribution in [0.5, 0.6) is 11.5 Å². The minimum absolute atomic E-state index is 0.